The SMILES string of the molecule is C=C(C=CC(=C)CCN1CCN(C)CC1)CCN1CCN(C)CC1. The molecule has 2 aliphatic rings. The Hall–Kier alpha value is -0.940. The molecule has 4 nitrogen and oxygen atoms in total. The van der Waals surface area contributed by atoms with E-state index < -0.39 is 0 Å². The summed E-state index contributed by atoms with van der Waals surface area (Å²) in [6.07, 6.45) is 6.46. The Morgan fingerprint density at radius 3 is 1.33 bits per heavy atom. The minimum absolute atomic E-state index is 1.06. The van der Waals surface area contributed by atoms with Crippen LogP contribution in [0.25, 0.3) is 0 Å². The Balaban J connectivity index is 1.57. The molecule has 136 valence electrons. The molecule has 2 saturated heterocycles. The van der Waals surface area contributed by atoms with Crippen molar-refractivity contribution in [1.29, 1.82) is 0 Å². The van der Waals surface area contributed by atoms with Gasteiger partial charge in [0.2, 0.25) is 0 Å². The van der Waals surface area contributed by atoms with Crippen LogP contribution in [0.3, 0.4) is 0 Å². The highest BCUT2D eigenvalue weighted by Gasteiger charge is 2.14. The third-order valence-corrected chi connectivity index (χ3v) is 5.24. The van der Waals surface area contributed by atoms with E-state index in [1.165, 1.54) is 63.5 Å². The van der Waals surface area contributed by atoms with Gasteiger partial charge in [-0.3, -0.25) is 0 Å². The lowest BCUT2D eigenvalue weighted by Gasteiger charge is -2.32. The van der Waals surface area contributed by atoms with Gasteiger partial charge in [-0.25, -0.2) is 0 Å². The molecule has 0 aromatic heterocycles. The van der Waals surface area contributed by atoms with Crippen molar-refractivity contribution < 1.29 is 0 Å². The normalized spacial score (nSPS) is 22.2. The van der Waals surface area contributed by atoms with E-state index in [9.17, 15) is 0 Å². The van der Waals surface area contributed by atoms with E-state index in [1.54, 1.807) is 0 Å². The summed E-state index contributed by atoms with van der Waals surface area (Å²) in [5.74, 6) is 0. The molecule has 0 spiro atoms. The number of hydrogen-bond acceptors (Lipinski definition) is 4. The second-order valence-electron chi connectivity index (χ2n) is 7.44. The van der Waals surface area contributed by atoms with Gasteiger partial charge in [0, 0.05) is 65.4 Å². The summed E-state index contributed by atoms with van der Waals surface area (Å²) in [5, 5.41) is 0. The molecule has 2 rings (SSSR count). The van der Waals surface area contributed by atoms with E-state index in [0.29, 0.717) is 0 Å². The Labute approximate surface area is 149 Å². The zero-order valence-electron chi connectivity index (χ0n) is 15.8. The Morgan fingerprint density at radius 2 is 1.00 bits per heavy atom. The first-order chi connectivity index (χ1) is 11.5. The van der Waals surface area contributed by atoms with Crippen LogP contribution >= 0.6 is 0 Å². The molecule has 2 fully saturated rings. The van der Waals surface area contributed by atoms with Gasteiger partial charge in [-0.1, -0.05) is 36.5 Å². The van der Waals surface area contributed by atoms with E-state index in [4.69, 9.17) is 0 Å². The molecule has 0 unspecified atom stereocenters. The van der Waals surface area contributed by atoms with Gasteiger partial charge in [0.1, 0.15) is 0 Å². The third kappa shape index (κ3) is 7.31. The number of likely N-dealkylation sites (N-methyl/N-ethyl adjacent to an activating group) is 2. The molecular weight excluding hydrogens is 296 g/mol. The van der Waals surface area contributed by atoms with Crippen LogP contribution in [0.4, 0.5) is 0 Å². The maximum Gasteiger partial charge on any atom is 0.0110 e. The van der Waals surface area contributed by atoms with Crippen molar-refractivity contribution in [3.63, 3.8) is 0 Å². The zero-order chi connectivity index (χ0) is 17.4. The smallest absolute Gasteiger partial charge is 0.0110 e. The highest BCUT2D eigenvalue weighted by atomic mass is 15.2. The van der Waals surface area contributed by atoms with Crippen LogP contribution in [0.1, 0.15) is 12.8 Å². The molecule has 0 radical (unpaired) electrons. The largest absolute Gasteiger partial charge is 0.304 e. The van der Waals surface area contributed by atoms with Crippen LogP contribution in [0.2, 0.25) is 0 Å². The van der Waals surface area contributed by atoms with Crippen LogP contribution in [-0.4, -0.2) is 99.1 Å². The lowest BCUT2D eigenvalue weighted by Crippen LogP contribution is -2.44. The third-order valence-electron chi connectivity index (χ3n) is 5.24. The van der Waals surface area contributed by atoms with E-state index in [1.807, 2.05) is 0 Å². The summed E-state index contributed by atoms with van der Waals surface area (Å²) in [7, 11) is 4.40. The molecule has 2 aliphatic heterocycles. The quantitative estimate of drug-likeness (QED) is 0.630. The van der Waals surface area contributed by atoms with Crippen molar-refractivity contribution in [3.05, 3.63) is 36.5 Å². The highest BCUT2D eigenvalue weighted by Crippen LogP contribution is 2.10. The highest BCUT2D eigenvalue weighted by molar-refractivity contribution is 5.24. The van der Waals surface area contributed by atoms with Crippen LogP contribution < -0.4 is 0 Å². The molecule has 0 N–H and O–H groups in total. The van der Waals surface area contributed by atoms with Crippen molar-refractivity contribution >= 4 is 0 Å². The van der Waals surface area contributed by atoms with Gasteiger partial charge in [0.25, 0.3) is 0 Å². The summed E-state index contributed by atoms with van der Waals surface area (Å²) < 4.78 is 0. The van der Waals surface area contributed by atoms with Gasteiger partial charge >= 0.3 is 0 Å². The topological polar surface area (TPSA) is 13.0 Å². The van der Waals surface area contributed by atoms with Crippen LogP contribution in [0.15, 0.2) is 36.5 Å². The van der Waals surface area contributed by atoms with Gasteiger partial charge in [-0.05, 0) is 26.9 Å². The average molecular weight is 333 g/mol. The molecule has 0 aliphatic carbocycles. The molecule has 0 saturated carbocycles. The van der Waals surface area contributed by atoms with Crippen molar-refractivity contribution in [1.82, 2.24) is 19.6 Å². The standard InChI is InChI=1S/C20H36N4/c1-19(7-9-23-15-11-21(3)12-16-23)5-6-20(2)8-10-24-17-13-22(4)14-18-24/h5-6H,1-2,7-18H2,3-4H3. The lowest BCUT2D eigenvalue weighted by molar-refractivity contribution is 0.155. The predicted octanol–water partition coefficient (Wildman–Crippen LogP) is 1.93. The zero-order valence-corrected chi connectivity index (χ0v) is 15.8. The molecule has 4 heteroatoms. The van der Waals surface area contributed by atoms with Crippen molar-refractivity contribution in [2.24, 2.45) is 0 Å². The fraction of sp³-hybridized carbons (Fsp3) is 0.700. The predicted molar refractivity (Wildman–Crippen MR) is 105 cm³/mol. The van der Waals surface area contributed by atoms with E-state index in [2.05, 4.69) is 59.0 Å². The van der Waals surface area contributed by atoms with Gasteiger partial charge in [-0.2, -0.15) is 0 Å². The molecule has 0 aromatic carbocycles. The van der Waals surface area contributed by atoms with Crippen molar-refractivity contribution in [3.8, 4) is 0 Å². The van der Waals surface area contributed by atoms with Crippen LogP contribution in [0, 0.1) is 0 Å². The van der Waals surface area contributed by atoms with Crippen molar-refractivity contribution in [2.45, 2.75) is 12.8 Å². The first-order valence-corrected chi connectivity index (χ1v) is 9.38. The molecule has 24 heavy (non-hydrogen) atoms. The first-order valence-electron chi connectivity index (χ1n) is 9.38. The minimum Gasteiger partial charge on any atom is -0.304 e. The summed E-state index contributed by atoms with van der Waals surface area (Å²) in [4.78, 5) is 9.88. The van der Waals surface area contributed by atoms with Gasteiger partial charge in [0.05, 0.1) is 0 Å². The van der Waals surface area contributed by atoms with Gasteiger partial charge in [-0.15, -0.1) is 0 Å². The maximum atomic E-state index is 4.20. The molecule has 2 heterocycles. The Bertz CT molecular complexity index is 387. The second-order valence-corrected chi connectivity index (χ2v) is 7.44. The lowest BCUT2D eigenvalue weighted by atomic mass is 10.1. The number of hydrogen-bond donors (Lipinski definition) is 0. The molecule has 0 atom stereocenters. The van der Waals surface area contributed by atoms with Crippen LogP contribution in [0.5, 0.6) is 0 Å². The Kier molecular flexibility index (Phi) is 8.19. The molecule has 0 bridgehead atoms. The monoisotopic (exact) mass is 332 g/mol. The Morgan fingerprint density at radius 1 is 0.667 bits per heavy atom. The summed E-state index contributed by atoms with van der Waals surface area (Å²) in [6, 6.07) is 0. The summed E-state index contributed by atoms with van der Waals surface area (Å²) in [6.45, 7) is 20.2. The van der Waals surface area contributed by atoms with Crippen molar-refractivity contribution in [2.75, 3.05) is 79.5 Å². The number of rotatable bonds is 8. The fourth-order valence-corrected chi connectivity index (χ4v) is 3.15. The van der Waals surface area contributed by atoms with E-state index in [0.717, 1.165) is 25.9 Å². The second kappa shape index (κ2) is 10.1. The fourth-order valence-electron chi connectivity index (χ4n) is 3.15. The molecular formula is C20H36N4. The maximum absolute atomic E-state index is 4.20. The number of nitrogens with zero attached hydrogens (tertiary/aromatic N) is 4. The minimum atomic E-state index is 1.06. The van der Waals surface area contributed by atoms with Crippen LogP contribution in [-0.2, 0) is 0 Å². The van der Waals surface area contributed by atoms with E-state index >= 15 is 0 Å². The van der Waals surface area contributed by atoms with E-state index in [-0.39, 0.29) is 0 Å². The summed E-state index contributed by atoms with van der Waals surface area (Å²) >= 11 is 0. The molecule has 0 aromatic rings. The number of allylic oxidation sites excluding steroid dienone is 2. The average Bonchev–Trinajstić information content (AvgIpc) is 2.59. The van der Waals surface area contributed by atoms with Gasteiger partial charge in [0.15, 0.2) is 0 Å². The summed E-state index contributed by atoms with van der Waals surface area (Å²) in [5.41, 5.74) is 2.43. The number of piperazine rings is 2. The van der Waals surface area contributed by atoms with Gasteiger partial charge < -0.3 is 19.6 Å². The molecule has 0 amide bonds. The first kappa shape index (κ1) is 19.4.